The van der Waals surface area contributed by atoms with Crippen LogP contribution in [0.2, 0.25) is 0 Å². The van der Waals surface area contributed by atoms with Crippen LogP contribution in [-0.2, 0) is 0 Å². The van der Waals surface area contributed by atoms with Gasteiger partial charge in [0.15, 0.2) is 0 Å². The van der Waals surface area contributed by atoms with E-state index in [2.05, 4.69) is 9.68 Å². The predicted octanol–water partition coefficient (Wildman–Crippen LogP) is 1.67. The van der Waals surface area contributed by atoms with Crippen LogP contribution in [0.4, 0.5) is 0 Å². The molecule has 0 bridgehead atoms. The molecule has 0 radical (unpaired) electrons. The minimum atomic E-state index is 0.258. The molecule has 0 atom stereocenters. The monoisotopic (exact) mass is 136 g/mol. The van der Waals surface area contributed by atoms with Gasteiger partial charge in [0.25, 0.3) is 0 Å². The first kappa shape index (κ1) is 6.81. The molecular weight excluding hydrogens is 128 g/mol. The molecule has 3 nitrogen and oxygen atoms in total. The molecule has 0 aliphatic heterocycles. The first-order valence-corrected chi connectivity index (χ1v) is 3.10. The summed E-state index contributed by atoms with van der Waals surface area (Å²) in [4.78, 5) is 0. The van der Waals surface area contributed by atoms with Crippen molar-refractivity contribution in [3.63, 3.8) is 0 Å². The van der Waals surface area contributed by atoms with Gasteiger partial charge < -0.3 is 4.52 Å². The van der Waals surface area contributed by atoms with Crippen molar-refractivity contribution in [2.75, 3.05) is 0 Å². The Bertz CT molecular complexity index is 257. The van der Waals surface area contributed by atoms with E-state index in [1.165, 1.54) is 6.26 Å². The summed E-state index contributed by atoms with van der Waals surface area (Å²) in [6, 6.07) is 2.00. The van der Waals surface area contributed by atoms with Crippen LogP contribution >= 0.6 is 0 Å². The fourth-order valence-corrected chi connectivity index (χ4v) is 0.745. The van der Waals surface area contributed by atoms with Crippen LogP contribution in [-0.4, -0.2) is 5.16 Å². The number of rotatable bonds is 1. The van der Waals surface area contributed by atoms with Gasteiger partial charge in [0.2, 0.25) is 0 Å². The fourth-order valence-electron chi connectivity index (χ4n) is 0.745. The average molecular weight is 136 g/mol. The number of nitriles is 1. The van der Waals surface area contributed by atoms with Gasteiger partial charge in [-0.25, -0.2) is 0 Å². The molecule has 0 aliphatic rings. The van der Waals surface area contributed by atoms with Crippen LogP contribution < -0.4 is 0 Å². The predicted molar refractivity (Wildman–Crippen MR) is 35.3 cm³/mol. The van der Waals surface area contributed by atoms with E-state index in [9.17, 15) is 0 Å². The summed E-state index contributed by atoms with van der Waals surface area (Å²) in [7, 11) is 0. The van der Waals surface area contributed by atoms with Crippen molar-refractivity contribution in [3.05, 3.63) is 17.5 Å². The zero-order chi connectivity index (χ0) is 7.56. The highest BCUT2D eigenvalue weighted by Crippen LogP contribution is 2.15. The molecule has 52 valence electrons. The molecule has 0 spiro atoms. The first-order chi connectivity index (χ1) is 4.75. The topological polar surface area (TPSA) is 49.8 Å². The van der Waals surface area contributed by atoms with E-state index in [0.29, 0.717) is 5.56 Å². The maximum absolute atomic E-state index is 8.51. The number of nitrogens with zero attached hydrogens (tertiary/aromatic N) is 2. The molecule has 1 aromatic rings. The number of hydrogen-bond acceptors (Lipinski definition) is 3. The van der Waals surface area contributed by atoms with Gasteiger partial charge >= 0.3 is 0 Å². The van der Waals surface area contributed by atoms with E-state index in [1.54, 1.807) is 0 Å². The molecule has 0 saturated carbocycles. The summed E-state index contributed by atoms with van der Waals surface area (Å²) in [5, 5.41) is 12.2. The first-order valence-electron chi connectivity index (χ1n) is 3.10. The highest BCUT2D eigenvalue weighted by Gasteiger charge is 2.09. The molecule has 0 unspecified atom stereocenters. The van der Waals surface area contributed by atoms with Crippen molar-refractivity contribution in [3.8, 4) is 6.07 Å². The van der Waals surface area contributed by atoms with Crippen LogP contribution in [0.25, 0.3) is 0 Å². The van der Waals surface area contributed by atoms with Gasteiger partial charge in [0, 0.05) is 5.92 Å². The maximum atomic E-state index is 8.51. The van der Waals surface area contributed by atoms with Crippen molar-refractivity contribution >= 4 is 0 Å². The van der Waals surface area contributed by atoms with Crippen molar-refractivity contribution in [2.45, 2.75) is 19.8 Å². The van der Waals surface area contributed by atoms with Gasteiger partial charge in [0.1, 0.15) is 23.6 Å². The Kier molecular flexibility index (Phi) is 1.72. The van der Waals surface area contributed by atoms with Gasteiger partial charge in [-0.1, -0.05) is 19.0 Å². The van der Waals surface area contributed by atoms with E-state index >= 15 is 0 Å². The zero-order valence-corrected chi connectivity index (χ0v) is 5.96. The highest BCUT2D eigenvalue weighted by atomic mass is 16.5. The Morgan fingerprint density at radius 3 is 2.80 bits per heavy atom. The molecule has 0 saturated heterocycles. The molecule has 1 rings (SSSR count). The molecular formula is C7H8N2O. The summed E-state index contributed by atoms with van der Waals surface area (Å²) in [6.45, 7) is 3.94. The molecule has 1 aromatic heterocycles. The second-order valence-corrected chi connectivity index (χ2v) is 2.38. The maximum Gasteiger partial charge on any atom is 0.141 e. The van der Waals surface area contributed by atoms with Gasteiger partial charge in [-0.05, 0) is 0 Å². The minimum Gasteiger partial charge on any atom is -0.363 e. The van der Waals surface area contributed by atoms with Crippen molar-refractivity contribution < 1.29 is 4.52 Å². The van der Waals surface area contributed by atoms with Gasteiger partial charge in [-0.2, -0.15) is 5.26 Å². The van der Waals surface area contributed by atoms with Gasteiger partial charge in [-0.15, -0.1) is 0 Å². The molecule has 0 N–H and O–H groups in total. The molecule has 0 amide bonds. The lowest BCUT2D eigenvalue weighted by atomic mass is 10.1. The van der Waals surface area contributed by atoms with Crippen molar-refractivity contribution in [2.24, 2.45) is 0 Å². The Hall–Kier alpha value is -1.30. The Labute approximate surface area is 59.2 Å². The highest BCUT2D eigenvalue weighted by molar-refractivity contribution is 5.30. The third kappa shape index (κ3) is 1.01. The quantitative estimate of drug-likeness (QED) is 0.590. The Morgan fingerprint density at radius 2 is 2.40 bits per heavy atom. The Morgan fingerprint density at radius 1 is 1.70 bits per heavy atom. The van der Waals surface area contributed by atoms with Gasteiger partial charge in [-0.3, -0.25) is 0 Å². The van der Waals surface area contributed by atoms with Crippen LogP contribution in [0.15, 0.2) is 10.8 Å². The lowest BCUT2D eigenvalue weighted by Crippen LogP contribution is -1.89. The van der Waals surface area contributed by atoms with E-state index < -0.39 is 0 Å². The zero-order valence-electron chi connectivity index (χ0n) is 5.96. The normalized spacial score (nSPS) is 9.80. The summed E-state index contributed by atoms with van der Waals surface area (Å²) in [5.74, 6) is 0.258. The summed E-state index contributed by atoms with van der Waals surface area (Å²) in [6.07, 6.45) is 1.37. The van der Waals surface area contributed by atoms with Crippen molar-refractivity contribution in [1.29, 1.82) is 5.26 Å². The van der Waals surface area contributed by atoms with Gasteiger partial charge in [0.05, 0.1) is 0 Å². The molecule has 0 aliphatic carbocycles. The summed E-state index contributed by atoms with van der Waals surface area (Å²) >= 11 is 0. The van der Waals surface area contributed by atoms with E-state index in [-0.39, 0.29) is 5.92 Å². The smallest absolute Gasteiger partial charge is 0.141 e. The van der Waals surface area contributed by atoms with Crippen LogP contribution in [0, 0.1) is 11.3 Å². The Balaban J connectivity index is 3.05. The lowest BCUT2D eigenvalue weighted by molar-refractivity contribution is 0.408. The average Bonchev–Trinajstić information content (AvgIpc) is 2.33. The summed E-state index contributed by atoms with van der Waals surface area (Å²) < 4.78 is 4.63. The van der Waals surface area contributed by atoms with E-state index in [0.717, 1.165) is 5.69 Å². The van der Waals surface area contributed by atoms with Crippen LogP contribution in [0.1, 0.15) is 31.0 Å². The summed E-state index contributed by atoms with van der Waals surface area (Å²) in [5.41, 5.74) is 1.28. The SMILES string of the molecule is CC(C)c1nocc1C#N. The third-order valence-electron chi connectivity index (χ3n) is 1.26. The van der Waals surface area contributed by atoms with E-state index in [1.807, 2.05) is 19.9 Å². The van der Waals surface area contributed by atoms with Crippen LogP contribution in [0.5, 0.6) is 0 Å². The van der Waals surface area contributed by atoms with Crippen LogP contribution in [0.3, 0.4) is 0 Å². The van der Waals surface area contributed by atoms with Crippen molar-refractivity contribution in [1.82, 2.24) is 5.16 Å². The van der Waals surface area contributed by atoms with E-state index in [4.69, 9.17) is 5.26 Å². The second kappa shape index (κ2) is 2.53. The fraction of sp³-hybridized carbons (Fsp3) is 0.429. The largest absolute Gasteiger partial charge is 0.363 e. The molecule has 0 aromatic carbocycles. The minimum absolute atomic E-state index is 0.258. The third-order valence-corrected chi connectivity index (χ3v) is 1.26. The molecule has 0 fully saturated rings. The number of aromatic nitrogens is 1. The molecule has 1 heterocycles. The number of hydrogen-bond donors (Lipinski definition) is 0. The standard InChI is InChI=1S/C7H8N2O/c1-5(2)7-6(3-8)4-10-9-7/h4-5H,1-2H3. The molecule has 10 heavy (non-hydrogen) atoms. The second-order valence-electron chi connectivity index (χ2n) is 2.38. The molecule has 3 heteroatoms. The lowest BCUT2D eigenvalue weighted by Gasteiger charge is -1.95.